The average Bonchev–Trinajstić information content (AvgIpc) is 3.80. The molecule has 3 aromatic heterocycles. The number of carbonyl (C=O) groups is 1. The first-order valence-electron chi connectivity index (χ1n) is 16.3. The van der Waals surface area contributed by atoms with Gasteiger partial charge in [0.25, 0.3) is 0 Å². The molecule has 48 heavy (non-hydrogen) atoms. The van der Waals surface area contributed by atoms with Gasteiger partial charge in [0.2, 0.25) is 0 Å². The van der Waals surface area contributed by atoms with Crippen LogP contribution in [0.15, 0.2) is 42.6 Å². The van der Waals surface area contributed by atoms with Gasteiger partial charge in [0.05, 0.1) is 35.7 Å². The molecule has 0 atom stereocenters. The Morgan fingerprint density at radius 1 is 1.06 bits per heavy atom. The van der Waals surface area contributed by atoms with Crippen LogP contribution in [0.3, 0.4) is 0 Å². The molecule has 2 N–H and O–H groups in total. The van der Waals surface area contributed by atoms with Gasteiger partial charge in [-0.05, 0) is 49.2 Å². The lowest BCUT2D eigenvalue weighted by Gasteiger charge is -2.35. The fourth-order valence-electron chi connectivity index (χ4n) is 6.56. The number of rotatable bonds is 12. The average molecular weight is 666 g/mol. The maximum absolute atomic E-state index is 14.1. The zero-order chi connectivity index (χ0) is 34.2. The molecule has 1 aromatic carbocycles. The highest BCUT2D eigenvalue weighted by Gasteiger charge is 2.39. The lowest BCUT2D eigenvalue weighted by Crippen LogP contribution is -2.46. The van der Waals surface area contributed by atoms with Crippen LogP contribution in [0.4, 0.5) is 24.5 Å². The summed E-state index contributed by atoms with van der Waals surface area (Å²) in [6.07, 6.45) is -1.45. The number of ether oxygens (including phenoxy) is 1. The summed E-state index contributed by atoms with van der Waals surface area (Å²) in [5.41, 5.74) is 3.60. The summed E-state index contributed by atoms with van der Waals surface area (Å²) < 4.78 is 47.9. The first kappa shape index (κ1) is 33.7. The van der Waals surface area contributed by atoms with Crippen molar-refractivity contribution in [3.8, 4) is 22.6 Å². The SMILES string of the molecule is COCC(C)(C)CN(C)c1cc(-c2cnc(C3CC3)c(C(F)(F)F)c2)nc2nc(-c3ccc(N4CCN(CCC(=O)O)CC4)cc3)[nH]c12. The van der Waals surface area contributed by atoms with Crippen molar-refractivity contribution in [2.24, 2.45) is 5.41 Å². The van der Waals surface area contributed by atoms with Crippen molar-refractivity contribution in [2.45, 2.75) is 45.2 Å². The van der Waals surface area contributed by atoms with Gasteiger partial charge < -0.3 is 24.6 Å². The normalized spacial score (nSPS) is 16.1. The van der Waals surface area contributed by atoms with Crippen molar-refractivity contribution in [2.75, 3.05) is 69.8 Å². The number of aromatic nitrogens is 4. The molecule has 13 heteroatoms. The number of pyridine rings is 2. The minimum absolute atomic E-state index is 0.108. The summed E-state index contributed by atoms with van der Waals surface area (Å²) in [6, 6.07) is 11.0. The number of H-pyrrole nitrogens is 1. The molecule has 10 nitrogen and oxygen atoms in total. The minimum Gasteiger partial charge on any atom is -0.481 e. The third-order valence-corrected chi connectivity index (χ3v) is 9.06. The molecule has 1 saturated heterocycles. The number of methoxy groups -OCH3 is 1. The molecule has 0 spiro atoms. The van der Waals surface area contributed by atoms with E-state index < -0.39 is 17.7 Å². The summed E-state index contributed by atoms with van der Waals surface area (Å²) in [7, 11) is 3.61. The molecule has 0 bridgehead atoms. The van der Waals surface area contributed by atoms with Crippen LogP contribution in [0.2, 0.25) is 0 Å². The van der Waals surface area contributed by atoms with E-state index in [0.717, 1.165) is 43.1 Å². The quantitative estimate of drug-likeness (QED) is 0.180. The number of alkyl halides is 3. The van der Waals surface area contributed by atoms with Gasteiger partial charge in [0.1, 0.15) is 11.3 Å². The molecular formula is C35H42F3N7O3. The Morgan fingerprint density at radius 2 is 1.77 bits per heavy atom. The second-order valence-electron chi connectivity index (χ2n) is 13.7. The van der Waals surface area contributed by atoms with Crippen molar-refractivity contribution >= 4 is 28.5 Å². The van der Waals surface area contributed by atoms with Crippen molar-refractivity contribution in [1.29, 1.82) is 0 Å². The van der Waals surface area contributed by atoms with Crippen molar-refractivity contribution in [3.63, 3.8) is 0 Å². The first-order valence-corrected chi connectivity index (χ1v) is 16.3. The maximum Gasteiger partial charge on any atom is 0.418 e. The molecule has 2 fully saturated rings. The van der Waals surface area contributed by atoms with Gasteiger partial charge >= 0.3 is 12.1 Å². The molecule has 0 amide bonds. The Labute approximate surface area is 277 Å². The number of fused-ring (bicyclic) bond motifs is 1. The van der Waals surface area contributed by atoms with Crippen LogP contribution in [0.1, 0.15) is 50.3 Å². The number of nitrogens with one attached hydrogen (secondary N) is 1. The number of aromatic amines is 1. The molecule has 1 aliphatic carbocycles. The Bertz CT molecular complexity index is 1760. The fourth-order valence-corrected chi connectivity index (χ4v) is 6.56. The van der Waals surface area contributed by atoms with Crippen LogP contribution in [-0.2, 0) is 15.7 Å². The Kier molecular flexibility index (Phi) is 9.36. The van der Waals surface area contributed by atoms with E-state index in [1.54, 1.807) is 13.2 Å². The third kappa shape index (κ3) is 7.57. The minimum atomic E-state index is -4.52. The molecule has 4 heterocycles. The molecule has 256 valence electrons. The fraction of sp³-hybridized carbons (Fsp3) is 0.486. The zero-order valence-corrected chi connectivity index (χ0v) is 27.8. The predicted molar refractivity (Wildman–Crippen MR) is 179 cm³/mol. The van der Waals surface area contributed by atoms with Crippen LogP contribution < -0.4 is 9.80 Å². The van der Waals surface area contributed by atoms with E-state index >= 15 is 0 Å². The lowest BCUT2D eigenvalue weighted by atomic mass is 9.94. The van der Waals surface area contributed by atoms with Crippen molar-refractivity contribution < 1.29 is 27.8 Å². The highest BCUT2D eigenvalue weighted by molar-refractivity contribution is 5.91. The predicted octanol–water partition coefficient (Wildman–Crippen LogP) is 6.29. The van der Waals surface area contributed by atoms with E-state index in [-0.39, 0.29) is 29.0 Å². The molecule has 1 saturated carbocycles. The van der Waals surface area contributed by atoms with E-state index in [2.05, 4.69) is 38.5 Å². The van der Waals surface area contributed by atoms with Gasteiger partial charge in [-0.25, -0.2) is 9.97 Å². The Balaban J connectivity index is 1.32. The highest BCUT2D eigenvalue weighted by Crippen LogP contribution is 2.46. The standard InChI is InChI=1S/C35H42F3N7O3/c1-34(2,21-48-4)20-43(3)28-18-27(24-17-26(35(36,37)38)30(39-19-24)22-5-6-22)40-33-31(28)41-32(42-33)23-7-9-25(10-8-23)45-15-13-44(14-16-45)12-11-29(46)47/h7-10,17-19,22H,5-6,11-16,20-21H2,1-4H3,(H,46,47)(H,40,41,42). The second kappa shape index (κ2) is 13.3. The van der Waals surface area contributed by atoms with E-state index in [1.165, 1.54) is 12.3 Å². The smallest absolute Gasteiger partial charge is 0.418 e. The number of halogens is 3. The number of nitrogens with zero attached hydrogens (tertiary/aromatic N) is 6. The van der Waals surface area contributed by atoms with Gasteiger partial charge in [-0.15, -0.1) is 0 Å². The van der Waals surface area contributed by atoms with Crippen molar-refractivity contribution in [3.05, 3.63) is 53.9 Å². The molecule has 1 aliphatic heterocycles. The first-order chi connectivity index (χ1) is 22.8. The van der Waals surface area contributed by atoms with E-state index in [1.807, 2.05) is 31.3 Å². The number of piperazine rings is 1. The maximum atomic E-state index is 14.1. The molecule has 6 rings (SSSR count). The Hall–Kier alpha value is -4.23. The van der Waals surface area contributed by atoms with E-state index in [4.69, 9.17) is 19.8 Å². The van der Waals surface area contributed by atoms with E-state index in [9.17, 15) is 18.0 Å². The zero-order valence-electron chi connectivity index (χ0n) is 27.8. The summed E-state index contributed by atoms with van der Waals surface area (Å²) >= 11 is 0. The Morgan fingerprint density at radius 3 is 2.40 bits per heavy atom. The lowest BCUT2D eigenvalue weighted by molar-refractivity contribution is -0.139. The van der Waals surface area contributed by atoms with Gasteiger partial charge in [-0.3, -0.25) is 14.7 Å². The van der Waals surface area contributed by atoms with Gasteiger partial charge in [-0.2, -0.15) is 13.2 Å². The monoisotopic (exact) mass is 665 g/mol. The van der Waals surface area contributed by atoms with Crippen molar-refractivity contribution in [1.82, 2.24) is 24.8 Å². The largest absolute Gasteiger partial charge is 0.481 e. The molecular weight excluding hydrogens is 623 g/mol. The van der Waals surface area contributed by atoms with Crippen LogP contribution in [0, 0.1) is 5.41 Å². The summed E-state index contributed by atoms with van der Waals surface area (Å²) in [5, 5.41) is 8.98. The number of carboxylic acid groups (broad SMARTS) is 1. The summed E-state index contributed by atoms with van der Waals surface area (Å²) in [6.45, 7) is 9.08. The van der Waals surface area contributed by atoms with Crippen LogP contribution in [0.25, 0.3) is 33.8 Å². The van der Waals surface area contributed by atoms with E-state index in [0.29, 0.717) is 55.2 Å². The summed E-state index contributed by atoms with van der Waals surface area (Å²) in [5.74, 6) is -0.331. The number of carboxylic acids is 1. The van der Waals surface area contributed by atoms with Gasteiger partial charge in [0, 0.05) is 87.8 Å². The molecule has 0 unspecified atom stereocenters. The molecule has 0 radical (unpaired) electrons. The molecule has 2 aliphatic rings. The number of aliphatic carboxylic acids is 1. The number of benzene rings is 1. The van der Waals surface area contributed by atoms with Crippen LogP contribution in [-0.4, -0.2) is 95.9 Å². The third-order valence-electron chi connectivity index (χ3n) is 9.06. The number of hydrogen-bond donors (Lipinski definition) is 2. The van der Waals surface area contributed by atoms with Gasteiger partial charge in [0.15, 0.2) is 5.65 Å². The van der Waals surface area contributed by atoms with Crippen LogP contribution in [0.5, 0.6) is 0 Å². The number of imidazole rings is 1. The van der Waals surface area contributed by atoms with Crippen LogP contribution >= 0.6 is 0 Å². The highest BCUT2D eigenvalue weighted by atomic mass is 19.4. The number of hydrogen-bond acceptors (Lipinski definition) is 8. The van der Waals surface area contributed by atoms with Gasteiger partial charge in [-0.1, -0.05) is 13.8 Å². The number of anilines is 2. The molecule has 4 aromatic rings. The second-order valence-corrected chi connectivity index (χ2v) is 13.7. The topological polar surface area (TPSA) is 111 Å². The summed E-state index contributed by atoms with van der Waals surface area (Å²) in [4.78, 5) is 34.8.